The molecule has 0 radical (unpaired) electrons. The summed E-state index contributed by atoms with van der Waals surface area (Å²) in [4.78, 5) is 16.1. The van der Waals surface area contributed by atoms with Crippen LogP contribution >= 0.6 is 15.9 Å². The van der Waals surface area contributed by atoms with Crippen molar-refractivity contribution in [3.8, 4) is 0 Å². The number of aryl methyl sites for hydroxylation is 1. The number of halogens is 1. The molecule has 1 heterocycles. The number of nitrogens with zero attached hydrogens (tertiary/aromatic N) is 2. The Bertz CT molecular complexity index is 561. The van der Waals surface area contributed by atoms with Crippen molar-refractivity contribution in [1.29, 1.82) is 0 Å². The Morgan fingerprint density at radius 3 is 2.56 bits per heavy atom. The van der Waals surface area contributed by atoms with Crippen LogP contribution in [0.15, 0.2) is 30.3 Å². The van der Waals surface area contributed by atoms with Crippen LogP contribution in [0.25, 0.3) is 0 Å². The zero-order valence-electron chi connectivity index (χ0n) is 10.5. The van der Waals surface area contributed by atoms with E-state index in [4.69, 9.17) is 0 Å². The minimum Gasteiger partial charge on any atom is -0.327 e. The first-order chi connectivity index (χ1) is 8.63. The number of imidazole rings is 1. The average Bonchev–Trinajstić information content (AvgIpc) is 2.67. The largest absolute Gasteiger partial charge is 0.327 e. The van der Waals surface area contributed by atoms with Crippen LogP contribution in [0, 0.1) is 13.8 Å². The summed E-state index contributed by atoms with van der Waals surface area (Å²) in [6.07, 6.45) is 0. The van der Waals surface area contributed by atoms with E-state index >= 15 is 0 Å². The monoisotopic (exact) mass is 306 g/mol. The molecule has 0 spiro atoms. The van der Waals surface area contributed by atoms with E-state index in [2.05, 4.69) is 37.6 Å². The highest BCUT2D eigenvalue weighted by Crippen LogP contribution is 2.14. The van der Waals surface area contributed by atoms with Crippen LogP contribution in [-0.4, -0.2) is 20.7 Å². The van der Waals surface area contributed by atoms with Gasteiger partial charge in [-0.3, -0.25) is 4.79 Å². The summed E-state index contributed by atoms with van der Waals surface area (Å²) in [6, 6.07) is 10.2. The maximum atomic E-state index is 11.7. The highest BCUT2D eigenvalue weighted by atomic mass is 79.9. The fraction of sp³-hybridized carbons (Fsp3) is 0.286. The lowest BCUT2D eigenvalue weighted by Crippen LogP contribution is -2.06. The minimum atomic E-state index is 0.0300. The number of hydrogen-bond donors (Lipinski definition) is 0. The number of rotatable bonds is 4. The van der Waals surface area contributed by atoms with Gasteiger partial charge in [0.25, 0.3) is 0 Å². The second kappa shape index (κ2) is 5.48. The van der Waals surface area contributed by atoms with E-state index in [9.17, 15) is 4.79 Å². The molecule has 2 rings (SSSR count). The first kappa shape index (κ1) is 13.0. The van der Waals surface area contributed by atoms with Gasteiger partial charge in [-0.05, 0) is 19.4 Å². The topological polar surface area (TPSA) is 34.9 Å². The van der Waals surface area contributed by atoms with Crippen LogP contribution in [0.2, 0.25) is 0 Å². The van der Waals surface area contributed by atoms with Gasteiger partial charge in [-0.25, -0.2) is 4.98 Å². The van der Waals surface area contributed by atoms with Gasteiger partial charge in [-0.15, -0.1) is 0 Å². The first-order valence-corrected chi connectivity index (χ1v) is 6.92. The van der Waals surface area contributed by atoms with Gasteiger partial charge in [-0.2, -0.15) is 0 Å². The molecule has 0 amide bonds. The van der Waals surface area contributed by atoms with Crippen molar-refractivity contribution in [2.45, 2.75) is 20.4 Å². The number of Topliss-reactive ketones (excluding diaryl/α,β-unsaturated/α-hetero) is 1. The maximum Gasteiger partial charge on any atom is 0.193 e. The Labute approximate surface area is 115 Å². The quantitative estimate of drug-likeness (QED) is 0.642. The van der Waals surface area contributed by atoms with Crippen molar-refractivity contribution in [2.24, 2.45) is 0 Å². The summed E-state index contributed by atoms with van der Waals surface area (Å²) < 4.78 is 2.07. The lowest BCUT2D eigenvalue weighted by Gasteiger charge is -2.07. The number of aromatic nitrogens is 2. The Balaban J connectivity index is 2.34. The van der Waals surface area contributed by atoms with Gasteiger partial charge in [0.05, 0.1) is 5.33 Å². The van der Waals surface area contributed by atoms with E-state index in [1.54, 1.807) is 0 Å². The second-order valence-electron chi connectivity index (χ2n) is 4.22. The molecule has 2 aromatic rings. The van der Waals surface area contributed by atoms with E-state index in [0.717, 1.165) is 18.1 Å². The van der Waals surface area contributed by atoms with Gasteiger partial charge >= 0.3 is 0 Å². The molecule has 18 heavy (non-hydrogen) atoms. The van der Waals surface area contributed by atoms with Crippen LogP contribution in [0.1, 0.15) is 27.6 Å². The van der Waals surface area contributed by atoms with Crippen molar-refractivity contribution in [3.05, 3.63) is 53.1 Å². The van der Waals surface area contributed by atoms with E-state index in [1.165, 1.54) is 5.56 Å². The van der Waals surface area contributed by atoms with Gasteiger partial charge in [0.2, 0.25) is 0 Å². The van der Waals surface area contributed by atoms with Crippen LogP contribution in [-0.2, 0) is 6.54 Å². The Hall–Kier alpha value is -1.42. The van der Waals surface area contributed by atoms with Crippen LogP contribution < -0.4 is 0 Å². The number of hydrogen-bond acceptors (Lipinski definition) is 2. The molecule has 1 aromatic heterocycles. The zero-order valence-corrected chi connectivity index (χ0v) is 12.1. The second-order valence-corrected chi connectivity index (χ2v) is 4.78. The van der Waals surface area contributed by atoms with Gasteiger partial charge in [-0.1, -0.05) is 46.3 Å². The summed E-state index contributed by atoms with van der Waals surface area (Å²) in [5, 5.41) is 0.315. The van der Waals surface area contributed by atoms with Crippen molar-refractivity contribution in [2.75, 3.05) is 5.33 Å². The Morgan fingerprint density at radius 1 is 1.28 bits per heavy atom. The summed E-state index contributed by atoms with van der Waals surface area (Å²) >= 11 is 3.19. The first-order valence-electron chi connectivity index (χ1n) is 5.80. The van der Waals surface area contributed by atoms with Crippen molar-refractivity contribution in [1.82, 2.24) is 9.55 Å². The third-order valence-electron chi connectivity index (χ3n) is 2.98. The number of benzene rings is 1. The van der Waals surface area contributed by atoms with Crippen molar-refractivity contribution >= 4 is 21.7 Å². The van der Waals surface area contributed by atoms with Crippen LogP contribution in [0.3, 0.4) is 0 Å². The highest BCUT2D eigenvalue weighted by molar-refractivity contribution is 9.09. The summed E-state index contributed by atoms with van der Waals surface area (Å²) in [5.74, 6) is 0.906. The molecule has 3 nitrogen and oxygen atoms in total. The minimum absolute atomic E-state index is 0.0300. The SMILES string of the molecule is Cc1nc(C(=O)CBr)c(C)n1Cc1ccccc1. The smallest absolute Gasteiger partial charge is 0.193 e. The molecule has 0 saturated heterocycles. The molecule has 0 unspecified atom stereocenters. The van der Waals surface area contributed by atoms with E-state index in [0.29, 0.717) is 11.0 Å². The van der Waals surface area contributed by atoms with Gasteiger partial charge in [0, 0.05) is 12.2 Å². The molecule has 94 valence electrons. The molecule has 0 aliphatic rings. The Morgan fingerprint density at radius 2 is 1.94 bits per heavy atom. The van der Waals surface area contributed by atoms with Crippen LogP contribution in [0.4, 0.5) is 0 Å². The average molecular weight is 307 g/mol. The van der Waals surface area contributed by atoms with E-state index < -0.39 is 0 Å². The number of ketones is 1. The summed E-state index contributed by atoms with van der Waals surface area (Å²) in [7, 11) is 0. The van der Waals surface area contributed by atoms with Crippen LogP contribution in [0.5, 0.6) is 0 Å². The molecule has 0 fully saturated rings. The van der Waals surface area contributed by atoms with Gasteiger partial charge in [0.1, 0.15) is 11.5 Å². The molecule has 0 atom stereocenters. The lowest BCUT2D eigenvalue weighted by molar-refractivity contribution is 0.101. The summed E-state index contributed by atoms with van der Waals surface area (Å²) in [5.41, 5.74) is 2.71. The standard InChI is InChI=1S/C14H15BrN2O/c1-10-14(13(18)8-15)16-11(2)17(10)9-12-6-4-3-5-7-12/h3-7H,8-9H2,1-2H3. The molecule has 0 bridgehead atoms. The zero-order chi connectivity index (χ0) is 13.1. The molecule has 1 aromatic carbocycles. The molecule has 0 aliphatic carbocycles. The van der Waals surface area contributed by atoms with E-state index in [-0.39, 0.29) is 5.78 Å². The lowest BCUT2D eigenvalue weighted by atomic mass is 10.2. The predicted octanol–water partition coefficient (Wildman–Crippen LogP) is 3.13. The fourth-order valence-corrected chi connectivity index (χ4v) is 2.27. The molecule has 0 saturated carbocycles. The Kier molecular flexibility index (Phi) is 3.97. The molecule has 0 N–H and O–H groups in total. The van der Waals surface area contributed by atoms with Crippen molar-refractivity contribution < 1.29 is 4.79 Å². The molecular formula is C14H15BrN2O. The number of carbonyl (C=O) groups is 1. The van der Waals surface area contributed by atoms with Gasteiger partial charge < -0.3 is 4.57 Å². The molecule has 4 heteroatoms. The normalized spacial score (nSPS) is 10.6. The number of carbonyl (C=O) groups excluding carboxylic acids is 1. The van der Waals surface area contributed by atoms with E-state index in [1.807, 2.05) is 32.0 Å². The third-order valence-corrected chi connectivity index (χ3v) is 3.49. The molecular weight excluding hydrogens is 292 g/mol. The highest BCUT2D eigenvalue weighted by Gasteiger charge is 2.16. The third kappa shape index (κ3) is 2.53. The fourth-order valence-electron chi connectivity index (χ4n) is 2.00. The van der Waals surface area contributed by atoms with Crippen molar-refractivity contribution in [3.63, 3.8) is 0 Å². The predicted molar refractivity (Wildman–Crippen MR) is 75.4 cm³/mol. The number of alkyl halides is 1. The van der Waals surface area contributed by atoms with Gasteiger partial charge in [0.15, 0.2) is 5.78 Å². The molecule has 0 aliphatic heterocycles. The summed E-state index contributed by atoms with van der Waals surface area (Å²) in [6.45, 7) is 4.63. The maximum absolute atomic E-state index is 11.7.